The Bertz CT molecular complexity index is 960. The van der Waals surface area contributed by atoms with Gasteiger partial charge in [0, 0.05) is 12.5 Å². The van der Waals surface area contributed by atoms with Crippen LogP contribution in [-0.2, 0) is 0 Å². The molecule has 0 radical (unpaired) electrons. The van der Waals surface area contributed by atoms with Crippen LogP contribution in [0, 0.1) is 5.92 Å². The first kappa shape index (κ1) is 19.2. The molecule has 2 aromatic carbocycles. The maximum Gasteiger partial charge on any atom is 0.258 e. The molecule has 6 nitrogen and oxygen atoms in total. The Balaban J connectivity index is 1.57. The molecule has 3 atom stereocenters. The van der Waals surface area contributed by atoms with Crippen molar-refractivity contribution in [2.45, 2.75) is 43.7 Å². The molecule has 2 heterocycles. The van der Waals surface area contributed by atoms with E-state index in [1.807, 2.05) is 41.3 Å². The van der Waals surface area contributed by atoms with Gasteiger partial charge in [0.15, 0.2) is 11.5 Å². The number of fused-ring (bicyclic) bond motifs is 2. The van der Waals surface area contributed by atoms with Gasteiger partial charge in [-0.05, 0) is 49.1 Å². The van der Waals surface area contributed by atoms with Crippen molar-refractivity contribution in [3.8, 4) is 17.2 Å². The zero-order valence-electron chi connectivity index (χ0n) is 17.2. The average Bonchev–Trinajstić information content (AvgIpc) is 3.25. The van der Waals surface area contributed by atoms with E-state index in [2.05, 4.69) is 0 Å². The third-order valence-corrected chi connectivity index (χ3v) is 6.90. The quantitative estimate of drug-likeness (QED) is 0.832. The highest BCUT2D eigenvalue weighted by atomic mass is 16.7. The molecule has 2 aliphatic heterocycles. The molecule has 1 N–H and O–H groups in total. The van der Waals surface area contributed by atoms with E-state index in [0.717, 1.165) is 37.0 Å². The van der Waals surface area contributed by atoms with Gasteiger partial charge in [-0.25, -0.2) is 0 Å². The summed E-state index contributed by atoms with van der Waals surface area (Å²) in [5.41, 5.74) is 0.788. The fraction of sp³-hybridized carbons (Fsp3) is 0.458. The maximum atomic E-state index is 13.7. The van der Waals surface area contributed by atoms with Crippen LogP contribution in [0.1, 0.15) is 54.1 Å². The first-order chi connectivity index (χ1) is 14.6. The van der Waals surface area contributed by atoms with Crippen LogP contribution in [0.15, 0.2) is 42.5 Å². The van der Waals surface area contributed by atoms with Crippen molar-refractivity contribution in [3.63, 3.8) is 0 Å². The second kappa shape index (κ2) is 7.51. The third kappa shape index (κ3) is 3.10. The topological polar surface area (TPSA) is 68.2 Å². The number of hydrogen-bond donors (Lipinski definition) is 1. The molecule has 6 heteroatoms. The van der Waals surface area contributed by atoms with Crippen LogP contribution in [0.3, 0.4) is 0 Å². The Morgan fingerprint density at radius 3 is 2.83 bits per heavy atom. The Labute approximate surface area is 176 Å². The number of benzene rings is 2. The third-order valence-electron chi connectivity index (χ3n) is 6.90. The minimum atomic E-state index is -0.739. The van der Waals surface area contributed by atoms with E-state index >= 15 is 0 Å². The highest BCUT2D eigenvalue weighted by Crippen LogP contribution is 2.51. The van der Waals surface area contributed by atoms with Crippen LogP contribution in [0.4, 0.5) is 0 Å². The number of para-hydroxylation sites is 1. The lowest BCUT2D eigenvalue weighted by Gasteiger charge is -2.52. The molecule has 2 aromatic rings. The van der Waals surface area contributed by atoms with Gasteiger partial charge < -0.3 is 24.2 Å². The lowest BCUT2D eigenvalue weighted by Crippen LogP contribution is -2.56. The number of hydrogen-bond acceptors (Lipinski definition) is 5. The highest BCUT2D eigenvalue weighted by Gasteiger charge is 2.50. The first-order valence-corrected chi connectivity index (χ1v) is 10.7. The predicted octanol–water partition coefficient (Wildman–Crippen LogP) is 3.93. The van der Waals surface area contributed by atoms with Gasteiger partial charge in [-0.2, -0.15) is 0 Å². The van der Waals surface area contributed by atoms with Gasteiger partial charge in [0.1, 0.15) is 5.75 Å². The lowest BCUT2D eigenvalue weighted by molar-refractivity contribution is -0.115. The second-order valence-electron chi connectivity index (χ2n) is 8.46. The number of rotatable bonds is 3. The largest absolute Gasteiger partial charge is 0.496 e. The normalized spacial score (nSPS) is 27.5. The summed E-state index contributed by atoms with van der Waals surface area (Å²) in [6, 6.07) is 13.0. The van der Waals surface area contributed by atoms with Crippen LogP contribution >= 0.6 is 0 Å². The van der Waals surface area contributed by atoms with Crippen molar-refractivity contribution in [1.82, 2.24) is 4.90 Å². The summed E-state index contributed by atoms with van der Waals surface area (Å²) in [4.78, 5) is 15.6. The molecule has 30 heavy (non-hydrogen) atoms. The predicted molar refractivity (Wildman–Crippen MR) is 111 cm³/mol. The van der Waals surface area contributed by atoms with Crippen LogP contribution in [0.5, 0.6) is 17.2 Å². The van der Waals surface area contributed by atoms with Gasteiger partial charge in [-0.15, -0.1) is 0 Å². The first-order valence-electron chi connectivity index (χ1n) is 10.7. The number of piperidine rings is 1. The summed E-state index contributed by atoms with van der Waals surface area (Å²) in [6.07, 6.45) is 4.37. The van der Waals surface area contributed by atoms with E-state index in [0.29, 0.717) is 30.0 Å². The highest BCUT2D eigenvalue weighted by molar-refractivity contribution is 5.97. The van der Waals surface area contributed by atoms with Gasteiger partial charge in [-0.1, -0.05) is 31.0 Å². The molecule has 1 saturated heterocycles. The van der Waals surface area contributed by atoms with E-state index < -0.39 is 5.60 Å². The standard InChI is InChI=1S/C24H27NO5/c1-28-19-8-3-2-6-17(19)23(26)25-13-12-24(27)11-5-4-7-18(24)22(25)16-9-10-20-21(14-16)30-15-29-20/h2-3,6,8-10,14,18,22,27H,4-5,7,11-13,15H2,1H3/t18-,22-,24+/m0/s1. The fourth-order valence-corrected chi connectivity index (χ4v) is 5.40. The van der Waals surface area contributed by atoms with E-state index in [1.54, 1.807) is 13.2 Å². The van der Waals surface area contributed by atoms with Crippen molar-refractivity contribution in [3.05, 3.63) is 53.6 Å². The molecular weight excluding hydrogens is 382 g/mol. The number of carbonyl (C=O) groups excluding carboxylic acids is 1. The second-order valence-corrected chi connectivity index (χ2v) is 8.46. The summed E-state index contributed by atoms with van der Waals surface area (Å²) < 4.78 is 16.5. The smallest absolute Gasteiger partial charge is 0.258 e. The summed E-state index contributed by atoms with van der Waals surface area (Å²) in [5.74, 6) is 1.90. The van der Waals surface area contributed by atoms with Gasteiger partial charge in [0.05, 0.1) is 24.3 Å². The summed E-state index contributed by atoms with van der Waals surface area (Å²) in [7, 11) is 1.58. The SMILES string of the molecule is COc1ccccc1C(=O)N1CC[C@]2(O)CCCC[C@H]2[C@@H]1c1ccc2c(c1)OCO2. The number of ether oxygens (including phenoxy) is 3. The van der Waals surface area contributed by atoms with Crippen molar-refractivity contribution in [2.75, 3.05) is 20.4 Å². The fourth-order valence-electron chi connectivity index (χ4n) is 5.40. The Morgan fingerprint density at radius 1 is 1.13 bits per heavy atom. The lowest BCUT2D eigenvalue weighted by atomic mass is 9.66. The van der Waals surface area contributed by atoms with Crippen LogP contribution in [0.25, 0.3) is 0 Å². The molecule has 1 aliphatic carbocycles. The Morgan fingerprint density at radius 2 is 1.97 bits per heavy atom. The van der Waals surface area contributed by atoms with Crippen molar-refractivity contribution >= 4 is 5.91 Å². The monoisotopic (exact) mass is 409 g/mol. The van der Waals surface area contributed by atoms with Gasteiger partial charge in [-0.3, -0.25) is 4.79 Å². The molecule has 0 aromatic heterocycles. The molecule has 0 bridgehead atoms. The minimum absolute atomic E-state index is 0.0148. The van der Waals surface area contributed by atoms with E-state index in [4.69, 9.17) is 14.2 Å². The van der Waals surface area contributed by atoms with E-state index in [-0.39, 0.29) is 24.7 Å². The van der Waals surface area contributed by atoms with Crippen molar-refractivity contribution < 1.29 is 24.1 Å². The van der Waals surface area contributed by atoms with E-state index in [1.165, 1.54) is 0 Å². The van der Waals surface area contributed by atoms with Crippen LogP contribution in [0.2, 0.25) is 0 Å². The van der Waals surface area contributed by atoms with E-state index in [9.17, 15) is 9.90 Å². The molecule has 0 unspecified atom stereocenters. The number of likely N-dealkylation sites (tertiary alicyclic amines) is 1. The van der Waals surface area contributed by atoms with Crippen molar-refractivity contribution in [2.24, 2.45) is 5.92 Å². The van der Waals surface area contributed by atoms with Crippen LogP contribution < -0.4 is 14.2 Å². The van der Waals surface area contributed by atoms with Gasteiger partial charge in [0.2, 0.25) is 6.79 Å². The molecule has 1 saturated carbocycles. The Kier molecular flexibility index (Phi) is 4.82. The molecular formula is C24H27NO5. The van der Waals surface area contributed by atoms with Crippen molar-refractivity contribution in [1.29, 1.82) is 0 Å². The number of aliphatic hydroxyl groups is 1. The zero-order chi connectivity index (χ0) is 20.7. The number of nitrogens with zero attached hydrogens (tertiary/aromatic N) is 1. The molecule has 2 fully saturated rings. The molecule has 3 aliphatic rings. The summed E-state index contributed by atoms with van der Waals surface area (Å²) in [6.45, 7) is 0.712. The molecule has 5 rings (SSSR count). The number of methoxy groups -OCH3 is 1. The number of carbonyl (C=O) groups is 1. The molecule has 1 amide bonds. The summed E-state index contributed by atoms with van der Waals surface area (Å²) in [5, 5.41) is 11.5. The number of amides is 1. The summed E-state index contributed by atoms with van der Waals surface area (Å²) >= 11 is 0. The van der Waals surface area contributed by atoms with Gasteiger partial charge in [0.25, 0.3) is 5.91 Å². The molecule has 0 spiro atoms. The minimum Gasteiger partial charge on any atom is -0.496 e. The maximum absolute atomic E-state index is 13.7. The van der Waals surface area contributed by atoms with Gasteiger partial charge >= 0.3 is 0 Å². The zero-order valence-corrected chi connectivity index (χ0v) is 17.2. The average molecular weight is 409 g/mol. The van der Waals surface area contributed by atoms with Crippen LogP contribution in [-0.4, -0.2) is 42.0 Å². The Hall–Kier alpha value is -2.73. The molecule has 158 valence electrons.